The number of aliphatic hydroxyl groups excluding tert-OH is 1. The van der Waals surface area contributed by atoms with E-state index >= 15 is 0 Å². The predicted molar refractivity (Wildman–Crippen MR) is 100 cm³/mol. The SMILES string of the molecule is O=[N+]([O-])c1cc(COCCNCCO)cc2cc(-c3ccccc3)[nH]c12. The molecule has 0 bridgehead atoms. The van der Waals surface area contributed by atoms with Crippen LogP contribution in [0, 0.1) is 10.1 Å². The number of H-pyrrole nitrogens is 1. The third-order valence-corrected chi connectivity index (χ3v) is 4.03. The first-order valence-corrected chi connectivity index (χ1v) is 8.44. The number of nitro groups is 1. The summed E-state index contributed by atoms with van der Waals surface area (Å²) in [6.45, 7) is 1.98. The summed E-state index contributed by atoms with van der Waals surface area (Å²) in [5.74, 6) is 0. The fourth-order valence-electron chi connectivity index (χ4n) is 2.82. The van der Waals surface area contributed by atoms with Crippen molar-refractivity contribution in [3.8, 4) is 11.3 Å². The monoisotopic (exact) mass is 355 g/mol. The molecular formula is C19H21N3O4. The van der Waals surface area contributed by atoms with Gasteiger partial charge in [0.2, 0.25) is 0 Å². The van der Waals surface area contributed by atoms with E-state index in [0.29, 0.717) is 31.8 Å². The Balaban J connectivity index is 1.81. The summed E-state index contributed by atoms with van der Waals surface area (Å²) in [5.41, 5.74) is 3.13. The maximum Gasteiger partial charge on any atom is 0.293 e. The number of aromatic nitrogens is 1. The number of non-ortho nitro benzene ring substituents is 1. The molecule has 3 N–H and O–H groups in total. The summed E-state index contributed by atoms with van der Waals surface area (Å²) >= 11 is 0. The third kappa shape index (κ3) is 4.26. The van der Waals surface area contributed by atoms with E-state index in [2.05, 4.69) is 10.3 Å². The summed E-state index contributed by atoms with van der Waals surface area (Å²) < 4.78 is 5.56. The maximum absolute atomic E-state index is 11.5. The minimum absolute atomic E-state index is 0.0432. The van der Waals surface area contributed by atoms with Gasteiger partial charge in [-0.3, -0.25) is 10.1 Å². The van der Waals surface area contributed by atoms with E-state index < -0.39 is 0 Å². The highest BCUT2D eigenvalue weighted by molar-refractivity contribution is 5.92. The Morgan fingerprint density at radius 1 is 1.15 bits per heavy atom. The molecule has 3 aromatic rings. The van der Waals surface area contributed by atoms with Gasteiger partial charge in [0, 0.05) is 30.2 Å². The van der Waals surface area contributed by atoms with Gasteiger partial charge >= 0.3 is 0 Å². The summed E-state index contributed by atoms with van der Waals surface area (Å²) in [6.07, 6.45) is 0. The van der Waals surface area contributed by atoms with E-state index in [1.165, 1.54) is 0 Å². The molecule has 1 aromatic heterocycles. The molecule has 3 rings (SSSR count). The van der Waals surface area contributed by atoms with E-state index in [0.717, 1.165) is 22.2 Å². The molecular weight excluding hydrogens is 334 g/mol. The van der Waals surface area contributed by atoms with E-state index in [9.17, 15) is 10.1 Å². The average Bonchev–Trinajstić information content (AvgIpc) is 3.08. The van der Waals surface area contributed by atoms with Crippen LogP contribution in [0.3, 0.4) is 0 Å². The molecule has 0 radical (unpaired) electrons. The quantitative estimate of drug-likeness (QED) is 0.311. The first kappa shape index (κ1) is 18.1. The molecule has 7 heteroatoms. The number of fused-ring (bicyclic) bond motifs is 1. The van der Waals surface area contributed by atoms with Crippen molar-refractivity contribution in [2.24, 2.45) is 0 Å². The van der Waals surface area contributed by atoms with Crippen molar-refractivity contribution >= 4 is 16.6 Å². The Labute approximate surface area is 150 Å². The number of hydrogen-bond acceptors (Lipinski definition) is 5. The second-order valence-electron chi connectivity index (χ2n) is 5.91. The molecule has 0 aliphatic rings. The lowest BCUT2D eigenvalue weighted by molar-refractivity contribution is -0.383. The topological polar surface area (TPSA) is 100 Å². The predicted octanol–water partition coefficient (Wildman–Crippen LogP) is 2.84. The zero-order chi connectivity index (χ0) is 18.4. The van der Waals surface area contributed by atoms with Gasteiger partial charge < -0.3 is 20.1 Å². The van der Waals surface area contributed by atoms with Gasteiger partial charge in [0.05, 0.1) is 24.7 Å². The summed E-state index contributed by atoms with van der Waals surface area (Å²) in [4.78, 5) is 14.3. The lowest BCUT2D eigenvalue weighted by Crippen LogP contribution is -2.22. The highest BCUT2D eigenvalue weighted by Crippen LogP contribution is 2.31. The molecule has 0 amide bonds. The zero-order valence-electron chi connectivity index (χ0n) is 14.3. The molecule has 0 spiro atoms. The van der Waals surface area contributed by atoms with Crippen molar-refractivity contribution in [2.75, 3.05) is 26.3 Å². The van der Waals surface area contributed by atoms with Crippen LogP contribution >= 0.6 is 0 Å². The molecule has 0 saturated carbocycles. The van der Waals surface area contributed by atoms with E-state index in [4.69, 9.17) is 9.84 Å². The fraction of sp³-hybridized carbons (Fsp3) is 0.263. The molecule has 26 heavy (non-hydrogen) atoms. The second-order valence-corrected chi connectivity index (χ2v) is 5.91. The Kier molecular flexibility index (Phi) is 5.96. The van der Waals surface area contributed by atoms with Gasteiger partial charge in [-0.2, -0.15) is 0 Å². The van der Waals surface area contributed by atoms with Crippen molar-refractivity contribution < 1.29 is 14.8 Å². The van der Waals surface area contributed by atoms with Crippen molar-refractivity contribution in [1.82, 2.24) is 10.3 Å². The zero-order valence-corrected chi connectivity index (χ0v) is 14.3. The number of ether oxygens (including phenoxy) is 1. The standard InChI is InChI=1S/C19H21N3O4/c23-8-6-20-7-9-26-13-14-10-16-12-17(15-4-2-1-3-5-15)21-19(16)18(11-14)22(24)25/h1-5,10-12,20-21,23H,6-9,13H2. The van der Waals surface area contributed by atoms with Gasteiger partial charge in [0.25, 0.3) is 5.69 Å². The number of aliphatic hydroxyl groups is 1. The van der Waals surface area contributed by atoms with E-state index in [-0.39, 0.29) is 17.2 Å². The van der Waals surface area contributed by atoms with Crippen molar-refractivity contribution in [2.45, 2.75) is 6.61 Å². The largest absolute Gasteiger partial charge is 0.395 e. The highest BCUT2D eigenvalue weighted by Gasteiger charge is 2.17. The van der Waals surface area contributed by atoms with E-state index in [1.807, 2.05) is 42.5 Å². The number of rotatable bonds is 9. The number of nitrogens with zero attached hydrogens (tertiary/aromatic N) is 1. The van der Waals surface area contributed by atoms with Crippen LogP contribution in [0.5, 0.6) is 0 Å². The lowest BCUT2D eigenvalue weighted by Gasteiger charge is -2.06. The van der Waals surface area contributed by atoms with Crippen molar-refractivity contribution in [3.05, 3.63) is 64.2 Å². The van der Waals surface area contributed by atoms with Crippen LogP contribution in [0.4, 0.5) is 5.69 Å². The number of benzene rings is 2. The lowest BCUT2D eigenvalue weighted by atomic mass is 10.1. The second kappa shape index (κ2) is 8.57. The van der Waals surface area contributed by atoms with Crippen LogP contribution in [-0.4, -0.2) is 41.3 Å². The Hall–Kier alpha value is -2.74. The number of aromatic amines is 1. The number of hydrogen-bond donors (Lipinski definition) is 3. The van der Waals surface area contributed by atoms with Crippen LogP contribution in [0.25, 0.3) is 22.2 Å². The molecule has 2 aromatic carbocycles. The van der Waals surface area contributed by atoms with Gasteiger partial charge in [0.1, 0.15) is 5.52 Å². The molecule has 0 unspecified atom stereocenters. The Morgan fingerprint density at radius 2 is 1.96 bits per heavy atom. The normalized spacial score (nSPS) is 11.1. The average molecular weight is 355 g/mol. The smallest absolute Gasteiger partial charge is 0.293 e. The minimum Gasteiger partial charge on any atom is -0.395 e. The highest BCUT2D eigenvalue weighted by atomic mass is 16.6. The van der Waals surface area contributed by atoms with Gasteiger partial charge in [0.15, 0.2) is 0 Å². The fourth-order valence-corrected chi connectivity index (χ4v) is 2.82. The molecule has 0 fully saturated rings. The van der Waals surface area contributed by atoms with Gasteiger partial charge in [-0.1, -0.05) is 30.3 Å². The van der Waals surface area contributed by atoms with Crippen LogP contribution in [0.1, 0.15) is 5.56 Å². The van der Waals surface area contributed by atoms with E-state index in [1.54, 1.807) is 6.07 Å². The van der Waals surface area contributed by atoms with Gasteiger partial charge in [-0.25, -0.2) is 0 Å². The third-order valence-electron chi connectivity index (χ3n) is 4.03. The molecule has 136 valence electrons. The number of nitro benzene ring substituents is 1. The minimum atomic E-state index is -0.375. The Morgan fingerprint density at radius 3 is 2.69 bits per heavy atom. The maximum atomic E-state index is 11.5. The van der Waals surface area contributed by atoms with Crippen LogP contribution < -0.4 is 5.32 Å². The van der Waals surface area contributed by atoms with Gasteiger partial charge in [-0.15, -0.1) is 0 Å². The number of nitrogens with one attached hydrogen (secondary N) is 2. The first-order chi connectivity index (χ1) is 12.7. The first-order valence-electron chi connectivity index (χ1n) is 8.44. The summed E-state index contributed by atoms with van der Waals surface area (Å²) in [6, 6.07) is 15.1. The molecule has 0 aliphatic carbocycles. The van der Waals surface area contributed by atoms with Crippen molar-refractivity contribution in [1.29, 1.82) is 0 Å². The molecule has 7 nitrogen and oxygen atoms in total. The van der Waals surface area contributed by atoms with Crippen LogP contribution in [0.2, 0.25) is 0 Å². The Bertz CT molecular complexity index is 877. The summed E-state index contributed by atoms with van der Waals surface area (Å²) in [5, 5.41) is 24.0. The molecule has 0 aliphatic heterocycles. The van der Waals surface area contributed by atoms with Crippen LogP contribution in [0.15, 0.2) is 48.5 Å². The van der Waals surface area contributed by atoms with Crippen LogP contribution in [-0.2, 0) is 11.3 Å². The molecule has 0 atom stereocenters. The molecule has 1 heterocycles. The van der Waals surface area contributed by atoms with Gasteiger partial charge in [-0.05, 0) is 23.3 Å². The molecule has 0 saturated heterocycles. The van der Waals surface area contributed by atoms with Crippen molar-refractivity contribution in [3.63, 3.8) is 0 Å². The summed E-state index contributed by atoms with van der Waals surface area (Å²) in [7, 11) is 0.